The van der Waals surface area contributed by atoms with Gasteiger partial charge in [0.2, 0.25) is 15.9 Å². The molecule has 1 N–H and O–H groups in total. The Bertz CT molecular complexity index is 1030. The minimum Gasteiger partial charge on any atom is -0.352 e. The van der Waals surface area contributed by atoms with E-state index in [0.29, 0.717) is 25.5 Å². The van der Waals surface area contributed by atoms with Crippen LogP contribution in [-0.4, -0.2) is 31.7 Å². The van der Waals surface area contributed by atoms with Crippen molar-refractivity contribution in [2.75, 3.05) is 13.1 Å². The van der Waals surface area contributed by atoms with E-state index in [4.69, 9.17) is 0 Å². The summed E-state index contributed by atoms with van der Waals surface area (Å²) in [7, 11) is -4.18. The molecule has 5 nitrogen and oxygen atoms in total. The van der Waals surface area contributed by atoms with Crippen LogP contribution in [0, 0.1) is 24.0 Å². The summed E-state index contributed by atoms with van der Waals surface area (Å²) in [5.41, 5.74) is 1.10. The van der Waals surface area contributed by atoms with Gasteiger partial charge in [0.15, 0.2) is 0 Å². The molecule has 2 aromatic carbocycles. The number of amides is 1. The van der Waals surface area contributed by atoms with Crippen LogP contribution in [0.4, 0.5) is 8.78 Å². The van der Waals surface area contributed by atoms with Crippen LogP contribution in [0.15, 0.2) is 47.4 Å². The van der Waals surface area contributed by atoms with Gasteiger partial charge in [0.25, 0.3) is 0 Å². The van der Waals surface area contributed by atoms with Crippen LogP contribution < -0.4 is 5.32 Å². The summed E-state index contributed by atoms with van der Waals surface area (Å²) < 4.78 is 54.1. The molecule has 1 heterocycles. The standard InChI is InChI=1S/C21H24F2N2O3S/c1-15-6-3-4-7-16(15)13-24-20(26)21(2)10-5-11-25(14-21)29(27,28)19-9-8-17(22)12-18(19)23/h3-4,6-9,12H,5,10-11,13-14H2,1-2H3,(H,24,26)/t21-/m0/s1. The van der Waals surface area contributed by atoms with Gasteiger partial charge in [-0.1, -0.05) is 24.3 Å². The van der Waals surface area contributed by atoms with Crippen LogP contribution in [0.1, 0.15) is 30.9 Å². The summed E-state index contributed by atoms with van der Waals surface area (Å²) >= 11 is 0. The number of piperidine rings is 1. The van der Waals surface area contributed by atoms with Crippen molar-refractivity contribution >= 4 is 15.9 Å². The van der Waals surface area contributed by atoms with E-state index in [2.05, 4.69) is 5.32 Å². The van der Waals surface area contributed by atoms with Gasteiger partial charge in [0, 0.05) is 25.7 Å². The first-order valence-electron chi connectivity index (χ1n) is 9.41. The molecule has 2 aromatic rings. The van der Waals surface area contributed by atoms with E-state index in [1.807, 2.05) is 31.2 Å². The zero-order valence-corrected chi connectivity index (χ0v) is 17.2. The second kappa shape index (κ2) is 8.20. The summed E-state index contributed by atoms with van der Waals surface area (Å²) in [6, 6.07) is 10.1. The van der Waals surface area contributed by atoms with Gasteiger partial charge in [-0.25, -0.2) is 17.2 Å². The molecule has 1 fully saturated rings. The number of sulfonamides is 1. The molecule has 156 valence electrons. The number of nitrogens with zero attached hydrogens (tertiary/aromatic N) is 1. The normalized spacial score (nSPS) is 20.4. The maximum absolute atomic E-state index is 14.1. The molecular weight excluding hydrogens is 398 g/mol. The third kappa shape index (κ3) is 4.48. The number of hydrogen-bond donors (Lipinski definition) is 1. The molecule has 1 aliphatic rings. The molecule has 0 bridgehead atoms. The average molecular weight is 422 g/mol. The predicted octanol–water partition coefficient (Wildman–Crippen LogP) is 3.38. The van der Waals surface area contributed by atoms with Crippen LogP contribution in [0.5, 0.6) is 0 Å². The van der Waals surface area contributed by atoms with E-state index in [-0.39, 0.29) is 19.0 Å². The van der Waals surface area contributed by atoms with Gasteiger partial charge in [-0.05, 0) is 49.9 Å². The number of rotatable bonds is 5. The first-order chi connectivity index (χ1) is 13.6. The highest BCUT2D eigenvalue weighted by Crippen LogP contribution is 2.33. The van der Waals surface area contributed by atoms with Crippen molar-refractivity contribution in [1.29, 1.82) is 0 Å². The van der Waals surface area contributed by atoms with Crippen LogP contribution in [0.2, 0.25) is 0 Å². The van der Waals surface area contributed by atoms with E-state index in [1.165, 1.54) is 0 Å². The van der Waals surface area contributed by atoms with Crippen LogP contribution in [0.3, 0.4) is 0 Å². The fourth-order valence-corrected chi connectivity index (χ4v) is 5.25. The summed E-state index contributed by atoms with van der Waals surface area (Å²) in [6.07, 6.45) is 0.987. The van der Waals surface area contributed by atoms with Crippen LogP contribution >= 0.6 is 0 Å². The van der Waals surface area contributed by atoms with Gasteiger partial charge in [0.05, 0.1) is 5.41 Å². The summed E-state index contributed by atoms with van der Waals surface area (Å²) in [6.45, 7) is 4.13. The van der Waals surface area contributed by atoms with E-state index in [1.54, 1.807) is 6.92 Å². The van der Waals surface area contributed by atoms with Gasteiger partial charge >= 0.3 is 0 Å². The Balaban J connectivity index is 1.76. The molecule has 1 atom stereocenters. The minimum atomic E-state index is -4.18. The van der Waals surface area contributed by atoms with Gasteiger partial charge < -0.3 is 5.32 Å². The monoisotopic (exact) mass is 422 g/mol. The smallest absolute Gasteiger partial charge is 0.246 e. The Morgan fingerprint density at radius 2 is 1.93 bits per heavy atom. The third-order valence-electron chi connectivity index (χ3n) is 5.42. The molecule has 1 aliphatic heterocycles. The number of halogens is 2. The highest BCUT2D eigenvalue weighted by molar-refractivity contribution is 7.89. The SMILES string of the molecule is Cc1ccccc1CNC(=O)[C@@]1(C)CCCN(S(=O)(=O)c2ccc(F)cc2F)C1. The fourth-order valence-electron chi connectivity index (χ4n) is 3.60. The van der Waals surface area contributed by atoms with Crippen molar-refractivity contribution < 1.29 is 22.0 Å². The minimum absolute atomic E-state index is 0.0637. The lowest BCUT2D eigenvalue weighted by Crippen LogP contribution is -2.51. The second-order valence-electron chi connectivity index (χ2n) is 7.69. The number of aryl methyl sites for hydroxylation is 1. The Morgan fingerprint density at radius 3 is 2.62 bits per heavy atom. The van der Waals surface area contributed by atoms with Crippen molar-refractivity contribution in [2.24, 2.45) is 5.41 Å². The highest BCUT2D eigenvalue weighted by Gasteiger charge is 2.42. The summed E-state index contributed by atoms with van der Waals surface area (Å²) in [4.78, 5) is 12.3. The molecule has 0 radical (unpaired) electrons. The Kier molecular flexibility index (Phi) is 6.05. The number of carbonyl (C=O) groups is 1. The average Bonchev–Trinajstić information content (AvgIpc) is 2.67. The van der Waals surface area contributed by atoms with Gasteiger partial charge in [0.1, 0.15) is 16.5 Å². The molecule has 0 aromatic heterocycles. The Hall–Kier alpha value is -2.32. The van der Waals surface area contributed by atoms with E-state index in [9.17, 15) is 22.0 Å². The topological polar surface area (TPSA) is 66.5 Å². The van der Waals surface area contributed by atoms with Crippen molar-refractivity contribution in [3.05, 3.63) is 65.2 Å². The van der Waals surface area contributed by atoms with Gasteiger partial charge in [-0.3, -0.25) is 4.79 Å². The molecular formula is C21H24F2N2O3S. The van der Waals surface area contributed by atoms with Crippen LogP contribution in [0.25, 0.3) is 0 Å². The van der Waals surface area contributed by atoms with Crippen molar-refractivity contribution in [1.82, 2.24) is 9.62 Å². The molecule has 8 heteroatoms. The molecule has 29 heavy (non-hydrogen) atoms. The third-order valence-corrected chi connectivity index (χ3v) is 7.30. The lowest BCUT2D eigenvalue weighted by Gasteiger charge is -2.38. The molecule has 0 saturated carbocycles. The van der Waals surface area contributed by atoms with E-state index < -0.39 is 32.0 Å². The number of nitrogens with one attached hydrogen (secondary N) is 1. The number of carbonyl (C=O) groups excluding carboxylic acids is 1. The molecule has 1 saturated heterocycles. The first-order valence-corrected chi connectivity index (χ1v) is 10.9. The molecule has 0 aliphatic carbocycles. The summed E-state index contributed by atoms with van der Waals surface area (Å²) in [5, 5.41) is 2.90. The van der Waals surface area contributed by atoms with E-state index >= 15 is 0 Å². The second-order valence-corrected chi connectivity index (χ2v) is 9.59. The fraction of sp³-hybridized carbons (Fsp3) is 0.381. The Labute approximate surface area is 169 Å². The maximum atomic E-state index is 14.1. The van der Waals surface area contributed by atoms with Gasteiger partial charge in [-0.2, -0.15) is 4.31 Å². The largest absolute Gasteiger partial charge is 0.352 e. The predicted molar refractivity (Wildman–Crippen MR) is 105 cm³/mol. The zero-order valence-electron chi connectivity index (χ0n) is 16.4. The van der Waals surface area contributed by atoms with Crippen molar-refractivity contribution in [3.63, 3.8) is 0 Å². The van der Waals surface area contributed by atoms with Gasteiger partial charge in [-0.15, -0.1) is 0 Å². The van der Waals surface area contributed by atoms with Crippen LogP contribution in [-0.2, 0) is 21.4 Å². The number of hydrogen-bond acceptors (Lipinski definition) is 3. The lowest BCUT2D eigenvalue weighted by molar-refractivity contribution is -0.132. The quantitative estimate of drug-likeness (QED) is 0.803. The van der Waals surface area contributed by atoms with E-state index in [0.717, 1.165) is 27.6 Å². The molecule has 0 unspecified atom stereocenters. The van der Waals surface area contributed by atoms with Crippen molar-refractivity contribution in [2.45, 2.75) is 38.1 Å². The molecule has 0 spiro atoms. The highest BCUT2D eigenvalue weighted by atomic mass is 32.2. The zero-order chi connectivity index (χ0) is 21.2. The lowest BCUT2D eigenvalue weighted by atomic mass is 9.82. The summed E-state index contributed by atoms with van der Waals surface area (Å²) in [5.74, 6) is -2.23. The maximum Gasteiger partial charge on any atom is 0.246 e. The number of benzene rings is 2. The molecule has 1 amide bonds. The Morgan fingerprint density at radius 1 is 1.21 bits per heavy atom. The molecule has 3 rings (SSSR count). The first kappa shape index (κ1) is 21.4. The van der Waals surface area contributed by atoms with Crippen molar-refractivity contribution in [3.8, 4) is 0 Å².